The molecule has 1 aromatic carbocycles. The number of aromatic nitrogens is 1. The van der Waals surface area contributed by atoms with Gasteiger partial charge in [0.25, 0.3) is 15.7 Å². The van der Waals surface area contributed by atoms with Gasteiger partial charge in [-0.2, -0.15) is 0 Å². The zero-order valence-corrected chi connectivity index (χ0v) is 12.7. The highest BCUT2D eigenvalue weighted by Crippen LogP contribution is 2.31. The number of nitrogens with zero attached hydrogens (tertiary/aromatic N) is 2. The zero-order chi connectivity index (χ0) is 15.8. The van der Waals surface area contributed by atoms with Gasteiger partial charge in [-0.25, -0.2) is 17.8 Å². The molecule has 2 aromatic rings. The Kier molecular flexibility index (Phi) is 4.12. The maximum absolute atomic E-state index is 13.0. The van der Waals surface area contributed by atoms with E-state index in [0.717, 1.165) is 23.5 Å². The lowest BCUT2D eigenvalue weighted by molar-refractivity contribution is -0.384. The first-order valence-corrected chi connectivity index (χ1v) is 7.98. The second-order valence-corrected chi connectivity index (χ2v) is 7.32. The highest BCUT2D eigenvalue weighted by Gasteiger charge is 2.25. The average molecular weight is 352 g/mol. The summed E-state index contributed by atoms with van der Waals surface area (Å²) in [5, 5.41) is 10.8. The number of nitro groups is 1. The van der Waals surface area contributed by atoms with Crippen LogP contribution in [0.15, 0.2) is 22.4 Å². The third-order valence-electron chi connectivity index (χ3n) is 2.37. The summed E-state index contributed by atoms with van der Waals surface area (Å²) in [4.78, 5) is 13.7. The number of benzene rings is 1. The van der Waals surface area contributed by atoms with E-state index in [9.17, 15) is 22.9 Å². The predicted molar refractivity (Wildman–Crippen MR) is 75.7 cm³/mol. The number of nitro benzene ring substituents is 1. The van der Waals surface area contributed by atoms with Crippen LogP contribution in [0, 0.1) is 22.9 Å². The van der Waals surface area contributed by atoms with Gasteiger partial charge in [0.05, 0.1) is 16.7 Å². The molecule has 21 heavy (non-hydrogen) atoms. The van der Waals surface area contributed by atoms with E-state index in [0.29, 0.717) is 6.07 Å². The van der Waals surface area contributed by atoms with Crippen LogP contribution in [0.25, 0.3) is 0 Å². The van der Waals surface area contributed by atoms with E-state index in [-0.39, 0.29) is 20.1 Å². The van der Waals surface area contributed by atoms with Crippen LogP contribution in [-0.4, -0.2) is 18.3 Å². The highest BCUT2D eigenvalue weighted by molar-refractivity contribution is 7.94. The number of aryl methyl sites for hydroxylation is 1. The SMILES string of the molecule is Cc1nc(Cl)sc1S(=O)(=O)Nc1ccc(F)cc1[N+](=O)[O-]. The second-order valence-electron chi connectivity index (χ2n) is 3.86. The van der Waals surface area contributed by atoms with Crippen molar-refractivity contribution in [1.82, 2.24) is 4.98 Å². The molecule has 1 aromatic heterocycles. The van der Waals surface area contributed by atoms with Crippen molar-refractivity contribution in [2.24, 2.45) is 0 Å². The third-order valence-corrected chi connectivity index (χ3v) is 5.61. The molecule has 0 bridgehead atoms. The first kappa shape index (κ1) is 15.6. The van der Waals surface area contributed by atoms with E-state index in [2.05, 4.69) is 4.98 Å². The van der Waals surface area contributed by atoms with Gasteiger partial charge in [-0.15, -0.1) is 0 Å². The summed E-state index contributed by atoms with van der Waals surface area (Å²) in [6, 6.07) is 2.52. The maximum atomic E-state index is 13.0. The number of hydrogen-bond acceptors (Lipinski definition) is 6. The van der Waals surface area contributed by atoms with Gasteiger partial charge < -0.3 is 0 Å². The Labute approximate surface area is 127 Å². The zero-order valence-electron chi connectivity index (χ0n) is 10.3. The lowest BCUT2D eigenvalue weighted by Crippen LogP contribution is -2.14. The average Bonchev–Trinajstić information content (AvgIpc) is 2.71. The Balaban J connectivity index is 2.47. The normalized spacial score (nSPS) is 11.4. The van der Waals surface area contributed by atoms with Gasteiger partial charge in [0.1, 0.15) is 11.5 Å². The minimum Gasteiger partial charge on any atom is -0.272 e. The van der Waals surface area contributed by atoms with Crippen LogP contribution >= 0.6 is 22.9 Å². The van der Waals surface area contributed by atoms with Gasteiger partial charge in [0.2, 0.25) is 0 Å². The van der Waals surface area contributed by atoms with Crippen molar-refractivity contribution in [3.8, 4) is 0 Å². The van der Waals surface area contributed by atoms with E-state index in [1.54, 1.807) is 0 Å². The summed E-state index contributed by atoms with van der Waals surface area (Å²) in [7, 11) is -4.10. The topological polar surface area (TPSA) is 102 Å². The number of anilines is 1. The monoisotopic (exact) mass is 351 g/mol. The van der Waals surface area contributed by atoms with Crippen LogP contribution in [-0.2, 0) is 10.0 Å². The molecule has 0 aliphatic heterocycles. The van der Waals surface area contributed by atoms with Crippen molar-refractivity contribution in [3.05, 3.63) is 44.3 Å². The molecule has 0 spiro atoms. The number of nitrogens with one attached hydrogen (secondary N) is 1. The van der Waals surface area contributed by atoms with Crippen molar-refractivity contribution in [1.29, 1.82) is 0 Å². The summed E-state index contributed by atoms with van der Waals surface area (Å²) in [6.45, 7) is 1.44. The lowest BCUT2D eigenvalue weighted by atomic mass is 10.3. The van der Waals surface area contributed by atoms with Gasteiger partial charge in [0.15, 0.2) is 8.68 Å². The van der Waals surface area contributed by atoms with Crippen molar-refractivity contribution in [3.63, 3.8) is 0 Å². The van der Waals surface area contributed by atoms with Gasteiger partial charge in [-0.1, -0.05) is 22.9 Å². The molecular formula is C10H7ClFN3O4S2. The van der Waals surface area contributed by atoms with E-state index in [1.165, 1.54) is 6.92 Å². The summed E-state index contributed by atoms with van der Waals surface area (Å²) in [6.07, 6.45) is 0. The number of hydrogen-bond donors (Lipinski definition) is 1. The van der Waals surface area contributed by atoms with Gasteiger partial charge in [-0.3, -0.25) is 14.8 Å². The smallest absolute Gasteiger partial charge is 0.272 e. The fraction of sp³-hybridized carbons (Fsp3) is 0.100. The summed E-state index contributed by atoms with van der Waals surface area (Å²) < 4.78 is 39.3. The predicted octanol–water partition coefficient (Wildman–Crippen LogP) is 2.95. The molecule has 2 rings (SSSR count). The molecule has 112 valence electrons. The Morgan fingerprint density at radius 2 is 2.14 bits per heavy atom. The Bertz CT molecular complexity index is 822. The van der Waals surface area contributed by atoms with Crippen molar-refractivity contribution >= 4 is 44.3 Å². The van der Waals surface area contributed by atoms with E-state index in [4.69, 9.17) is 11.6 Å². The highest BCUT2D eigenvalue weighted by atomic mass is 35.5. The van der Waals surface area contributed by atoms with Crippen LogP contribution in [0.5, 0.6) is 0 Å². The van der Waals surface area contributed by atoms with Crippen molar-refractivity contribution < 1.29 is 17.7 Å². The standard InChI is InChI=1S/C10H7ClFN3O4S2/c1-5-9(20-10(11)13-5)21(18,19)14-7-3-2-6(12)4-8(7)15(16)17/h2-4,14H,1H3. The number of thiazole rings is 1. The minimum absolute atomic E-state index is 0.0291. The summed E-state index contributed by atoms with van der Waals surface area (Å²) in [5.41, 5.74) is -0.862. The molecule has 0 radical (unpaired) electrons. The molecular weight excluding hydrogens is 345 g/mol. The Morgan fingerprint density at radius 1 is 1.48 bits per heavy atom. The first-order chi connectivity index (χ1) is 9.70. The molecule has 0 fully saturated rings. The quantitative estimate of drug-likeness (QED) is 0.673. The number of sulfonamides is 1. The number of halogens is 2. The lowest BCUT2D eigenvalue weighted by Gasteiger charge is -2.07. The molecule has 0 aliphatic rings. The molecule has 0 saturated carbocycles. The van der Waals surface area contributed by atoms with Crippen LogP contribution in [0.1, 0.15) is 5.69 Å². The Hall–Kier alpha value is -1.78. The molecule has 7 nitrogen and oxygen atoms in total. The number of rotatable bonds is 4. The molecule has 0 atom stereocenters. The van der Waals surface area contributed by atoms with Crippen LogP contribution in [0.2, 0.25) is 4.47 Å². The fourth-order valence-electron chi connectivity index (χ4n) is 1.53. The van der Waals surface area contributed by atoms with Gasteiger partial charge in [-0.05, 0) is 19.1 Å². The van der Waals surface area contributed by atoms with E-state index >= 15 is 0 Å². The molecule has 0 saturated heterocycles. The molecule has 1 N–H and O–H groups in total. The fourth-order valence-corrected chi connectivity index (χ4v) is 4.35. The molecule has 0 unspecified atom stereocenters. The summed E-state index contributed by atoms with van der Waals surface area (Å²) >= 11 is 6.35. The Morgan fingerprint density at radius 3 is 2.67 bits per heavy atom. The molecule has 0 amide bonds. The van der Waals surface area contributed by atoms with Crippen LogP contribution < -0.4 is 4.72 Å². The van der Waals surface area contributed by atoms with Crippen LogP contribution in [0.4, 0.5) is 15.8 Å². The minimum atomic E-state index is -4.10. The first-order valence-electron chi connectivity index (χ1n) is 5.30. The van der Waals surface area contributed by atoms with Gasteiger partial charge in [0, 0.05) is 0 Å². The third kappa shape index (κ3) is 3.28. The van der Waals surface area contributed by atoms with Crippen molar-refractivity contribution in [2.45, 2.75) is 11.1 Å². The molecule has 0 aliphatic carbocycles. The van der Waals surface area contributed by atoms with Crippen molar-refractivity contribution in [2.75, 3.05) is 4.72 Å². The summed E-state index contributed by atoms with van der Waals surface area (Å²) in [5.74, 6) is -0.846. The molecule has 11 heteroatoms. The maximum Gasteiger partial charge on any atom is 0.296 e. The van der Waals surface area contributed by atoms with E-state index < -0.39 is 26.5 Å². The largest absolute Gasteiger partial charge is 0.296 e. The molecule has 1 heterocycles. The van der Waals surface area contributed by atoms with E-state index in [1.807, 2.05) is 4.72 Å². The van der Waals surface area contributed by atoms with Gasteiger partial charge >= 0.3 is 0 Å². The second kappa shape index (κ2) is 5.54. The van der Waals surface area contributed by atoms with Crippen LogP contribution in [0.3, 0.4) is 0 Å².